The molecule has 1 N–H and O–H groups in total. The lowest BCUT2D eigenvalue weighted by Gasteiger charge is -2.25. The normalized spacial score (nSPS) is 25.5. The number of likely N-dealkylation sites (tertiary alicyclic amines) is 1. The van der Waals surface area contributed by atoms with Gasteiger partial charge >= 0.3 is 6.03 Å². The second-order valence-electron chi connectivity index (χ2n) is 7.27. The van der Waals surface area contributed by atoms with E-state index in [-0.39, 0.29) is 24.4 Å². The third kappa shape index (κ3) is 2.97. The largest absolute Gasteiger partial charge is 0.332 e. The summed E-state index contributed by atoms with van der Waals surface area (Å²) in [5.41, 5.74) is 0.0130. The SMILES string of the molecule is CC[C@@]1(C)NC(=O)N(CC(=O)N2CCC[C@H]2c2nc3ccccc3s2)C1=O. The van der Waals surface area contributed by atoms with Crippen LogP contribution in [0.1, 0.15) is 44.2 Å². The Kier molecular flexibility index (Phi) is 4.38. The Hall–Kier alpha value is -2.48. The molecule has 0 radical (unpaired) electrons. The van der Waals surface area contributed by atoms with Gasteiger partial charge in [0.25, 0.3) is 5.91 Å². The zero-order chi connectivity index (χ0) is 19.2. The van der Waals surface area contributed by atoms with Gasteiger partial charge in [-0.1, -0.05) is 19.1 Å². The number of nitrogens with zero attached hydrogens (tertiary/aromatic N) is 3. The van der Waals surface area contributed by atoms with E-state index >= 15 is 0 Å². The molecule has 4 rings (SSSR count). The Morgan fingerprint density at radius 1 is 1.37 bits per heavy atom. The van der Waals surface area contributed by atoms with Crippen molar-refractivity contribution in [3.63, 3.8) is 0 Å². The molecular weight excluding hydrogens is 364 g/mol. The first-order valence-electron chi connectivity index (χ1n) is 9.22. The van der Waals surface area contributed by atoms with E-state index in [1.54, 1.807) is 23.2 Å². The van der Waals surface area contributed by atoms with Gasteiger partial charge in [0.2, 0.25) is 5.91 Å². The number of benzene rings is 1. The molecule has 1 aromatic carbocycles. The highest BCUT2D eigenvalue weighted by atomic mass is 32.1. The molecule has 0 unspecified atom stereocenters. The van der Waals surface area contributed by atoms with Crippen molar-refractivity contribution in [2.75, 3.05) is 13.1 Å². The van der Waals surface area contributed by atoms with Gasteiger partial charge in [-0.25, -0.2) is 9.78 Å². The van der Waals surface area contributed by atoms with E-state index in [0.717, 1.165) is 33.0 Å². The Balaban J connectivity index is 1.53. The number of para-hydroxylation sites is 1. The Bertz CT molecular complexity index is 894. The van der Waals surface area contributed by atoms with E-state index < -0.39 is 11.6 Å². The van der Waals surface area contributed by atoms with Crippen molar-refractivity contribution in [1.29, 1.82) is 0 Å². The summed E-state index contributed by atoms with van der Waals surface area (Å²) >= 11 is 1.60. The van der Waals surface area contributed by atoms with Crippen LogP contribution in [0.5, 0.6) is 0 Å². The van der Waals surface area contributed by atoms with Crippen LogP contribution in [-0.4, -0.2) is 51.3 Å². The number of urea groups is 1. The maximum Gasteiger partial charge on any atom is 0.325 e. The number of amides is 4. The minimum atomic E-state index is -0.922. The molecule has 0 saturated carbocycles. The number of aromatic nitrogens is 1. The average molecular weight is 386 g/mol. The molecule has 2 saturated heterocycles. The number of rotatable bonds is 4. The van der Waals surface area contributed by atoms with Gasteiger partial charge in [-0.2, -0.15) is 0 Å². The van der Waals surface area contributed by atoms with Gasteiger partial charge in [-0.05, 0) is 38.3 Å². The molecule has 3 heterocycles. The number of carbonyl (C=O) groups excluding carboxylic acids is 3. The Morgan fingerprint density at radius 3 is 2.85 bits per heavy atom. The summed E-state index contributed by atoms with van der Waals surface area (Å²) in [6.07, 6.45) is 2.22. The summed E-state index contributed by atoms with van der Waals surface area (Å²) in [6, 6.07) is 7.34. The van der Waals surface area contributed by atoms with Crippen LogP contribution in [-0.2, 0) is 9.59 Å². The van der Waals surface area contributed by atoms with Crippen LogP contribution in [0, 0.1) is 0 Å². The fourth-order valence-corrected chi connectivity index (χ4v) is 4.83. The van der Waals surface area contributed by atoms with Gasteiger partial charge < -0.3 is 10.2 Å². The van der Waals surface area contributed by atoms with Crippen LogP contribution in [0.3, 0.4) is 0 Å². The first kappa shape index (κ1) is 17.9. The van der Waals surface area contributed by atoms with E-state index in [2.05, 4.69) is 5.32 Å². The molecule has 8 heteroatoms. The topological polar surface area (TPSA) is 82.6 Å². The van der Waals surface area contributed by atoms with Crippen molar-refractivity contribution in [2.24, 2.45) is 0 Å². The van der Waals surface area contributed by atoms with Crippen molar-refractivity contribution in [2.45, 2.75) is 44.7 Å². The molecule has 27 heavy (non-hydrogen) atoms. The summed E-state index contributed by atoms with van der Waals surface area (Å²) in [6.45, 7) is 3.93. The number of nitrogens with one attached hydrogen (secondary N) is 1. The Labute approximate surface area is 161 Å². The molecule has 142 valence electrons. The molecule has 0 bridgehead atoms. The zero-order valence-corrected chi connectivity index (χ0v) is 16.2. The summed E-state index contributed by atoms with van der Waals surface area (Å²) in [4.78, 5) is 45.2. The fourth-order valence-electron chi connectivity index (χ4n) is 3.71. The second-order valence-corrected chi connectivity index (χ2v) is 8.33. The number of hydrogen-bond acceptors (Lipinski definition) is 5. The van der Waals surface area contributed by atoms with Gasteiger partial charge in [0.1, 0.15) is 17.1 Å². The van der Waals surface area contributed by atoms with E-state index in [4.69, 9.17) is 4.98 Å². The van der Waals surface area contributed by atoms with Gasteiger partial charge in [0.05, 0.1) is 16.3 Å². The first-order valence-corrected chi connectivity index (χ1v) is 10.0. The van der Waals surface area contributed by atoms with Crippen molar-refractivity contribution in [3.05, 3.63) is 29.3 Å². The van der Waals surface area contributed by atoms with E-state index in [1.165, 1.54) is 0 Å². The third-order valence-corrected chi connectivity index (χ3v) is 6.65. The van der Waals surface area contributed by atoms with E-state index in [9.17, 15) is 14.4 Å². The summed E-state index contributed by atoms with van der Waals surface area (Å²) in [5, 5.41) is 3.61. The van der Waals surface area contributed by atoms with Gasteiger partial charge in [0.15, 0.2) is 0 Å². The van der Waals surface area contributed by atoms with Crippen LogP contribution in [0.15, 0.2) is 24.3 Å². The maximum absolute atomic E-state index is 12.9. The van der Waals surface area contributed by atoms with Crippen molar-refractivity contribution < 1.29 is 14.4 Å². The third-order valence-electron chi connectivity index (χ3n) is 5.51. The van der Waals surface area contributed by atoms with Crippen LogP contribution >= 0.6 is 11.3 Å². The standard InChI is InChI=1S/C19H22N4O3S/c1-3-19(2)17(25)23(18(26)21-19)11-15(24)22-10-6-8-13(22)16-20-12-7-4-5-9-14(12)27-16/h4-5,7,9,13H,3,6,8,10-11H2,1-2H3,(H,21,26)/t13-,19+/m0/s1. The summed E-state index contributed by atoms with van der Waals surface area (Å²) < 4.78 is 1.10. The van der Waals surface area contributed by atoms with E-state index in [1.807, 2.05) is 31.2 Å². The molecule has 0 spiro atoms. The Morgan fingerprint density at radius 2 is 2.15 bits per heavy atom. The molecule has 2 atom stereocenters. The molecule has 1 aromatic heterocycles. The molecule has 7 nitrogen and oxygen atoms in total. The van der Waals surface area contributed by atoms with Crippen molar-refractivity contribution in [1.82, 2.24) is 20.1 Å². The number of carbonyl (C=O) groups is 3. The van der Waals surface area contributed by atoms with Gasteiger partial charge in [-0.15, -0.1) is 11.3 Å². The van der Waals surface area contributed by atoms with Crippen LogP contribution in [0.25, 0.3) is 10.2 Å². The summed E-state index contributed by atoms with van der Waals surface area (Å²) in [7, 11) is 0. The zero-order valence-electron chi connectivity index (χ0n) is 15.4. The van der Waals surface area contributed by atoms with Gasteiger partial charge in [-0.3, -0.25) is 14.5 Å². The lowest BCUT2D eigenvalue weighted by atomic mass is 9.99. The summed E-state index contributed by atoms with van der Waals surface area (Å²) in [5.74, 6) is -0.542. The molecule has 2 aromatic rings. The minimum Gasteiger partial charge on any atom is -0.332 e. The molecule has 2 fully saturated rings. The average Bonchev–Trinajstić information content (AvgIpc) is 3.35. The number of hydrogen-bond donors (Lipinski definition) is 1. The predicted octanol–water partition coefficient (Wildman–Crippen LogP) is 2.68. The highest BCUT2D eigenvalue weighted by molar-refractivity contribution is 7.18. The quantitative estimate of drug-likeness (QED) is 0.819. The number of imide groups is 1. The maximum atomic E-state index is 12.9. The van der Waals surface area contributed by atoms with Crippen LogP contribution in [0.2, 0.25) is 0 Å². The van der Waals surface area contributed by atoms with E-state index in [0.29, 0.717) is 13.0 Å². The first-order chi connectivity index (χ1) is 12.9. The van der Waals surface area contributed by atoms with Crippen LogP contribution < -0.4 is 5.32 Å². The molecular formula is C19H22N4O3S. The smallest absolute Gasteiger partial charge is 0.325 e. The molecule has 2 aliphatic heterocycles. The fraction of sp³-hybridized carbons (Fsp3) is 0.474. The van der Waals surface area contributed by atoms with Crippen molar-refractivity contribution >= 4 is 39.4 Å². The predicted molar refractivity (Wildman–Crippen MR) is 102 cm³/mol. The van der Waals surface area contributed by atoms with Crippen LogP contribution in [0.4, 0.5) is 4.79 Å². The second kappa shape index (κ2) is 6.60. The lowest BCUT2D eigenvalue weighted by molar-refractivity contribution is -0.139. The van der Waals surface area contributed by atoms with Gasteiger partial charge in [0, 0.05) is 6.54 Å². The number of fused-ring (bicyclic) bond motifs is 1. The highest BCUT2D eigenvalue weighted by Gasteiger charge is 2.47. The monoisotopic (exact) mass is 386 g/mol. The molecule has 2 aliphatic rings. The lowest BCUT2D eigenvalue weighted by Crippen LogP contribution is -2.45. The molecule has 4 amide bonds. The number of thiazole rings is 1. The molecule has 0 aliphatic carbocycles. The van der Waals surface area contributed by atoms with Crippen molar-refractivity contribution in [3.8, 4) is 0 Å². The highest BCUT2D eigenvalue weighted by Crippen LogP contribution is 2.36. The minimum absolute atomic E-state index is 0.0896.